The van der Waals surface area contributed by atoms with Crippen LogP contribution < -0.4 is 30.1 Å². The molecule has 6 rings (SSSR count). The second-order valence-corrected chi connectivity index (χ2v) is 9.96. The van der Waals surface area contributed by atoms with Crippen LogP contribution >= 0.6 is 11.3 Å². The first-order chi connectivity index (χ1) is 19.6. The van der Waals surface area contributed by atoms with Crippen molar-refractivity contribution in [3.8, 4) is 33.9 Å². The normalized spacial score (nSPS) is 14.1. The Kier molecular flexibility index (Phi) is 6.93. The molecule has 12 heteroatoms. The number of ether oxygens (including phenoxy) is 3. The molecule has 2 N–H and O–H groups in total. The first-order valence-electron chi connectivity index (χ1n) is 12.5. The van der Waals surface area contributed by atoms with Crippen molar-refractivity contribution in [3.05, 3.63) is 65.7 Å². The lowest BCUT2D eigenvalue weighted by Gasteiger charge is -2.18. The Balaban J connectivity index is 1.49. The lowest BCUT2D eigenvalue weighted by Crippen LogP contribution is -2.62. The van der Waals surface area contributed by atoms with Gasteiger partial charge in [0.25, 0.3) is 6.20 Å². The highest BCUT2D eigenvalue weighted by Crippen LogP contribution is 2.44. The summed E-state index contributed by atoms with van der Waals surface area (Å²) in [6, 6.07) is 17.3. The number of thiophene rings is 1. The summed E-state index contributed by atoms with van der Waals surface area (Å²) in [5, 5.41) is 19.9. The van der Waals surface area contributed by atoms with Crippen molar-refractivity contribution in [2.75, 3.05) is 51.3 Å². The molecule has 1 aliphatic rings. The fourth-order valence-corrected chi connectivity index (χ4v) is 5.60. The van der Waals surface area contributed by atoms with Crippen molar-refractivity contribution in [2.45, 2.75) is 0 Å². The number of fused-ring (bicyclic) bond motifs is 1. The number of hydrogen-bond acceptors (Lipinski definition) is 11. The maximum Gasteiger partial charge on any atom is 0.324 e. The van der Waals surface area contributed by atoms with E-state index in [1.54, 1.807) is 20.4 Å². The Hall–Kier alpha value is -4.68. The Morgan fingerprint density at radius 2 is 1.88 bits per heavy atom. The Labute approximate surface area is 233 Å². The van der Waals surface area contributed by atoms with Crippen LogP contribution in [-0.2, 0) is 4.74 Å². The molecule has 0 bridgehead atoms. The molecule has 1 aliphatic heterocycles. The topological polar surface area (TPSA) is 135 Å². The average Bonchev–Trinajstić information content (AvgIpc) is 3.61. The molecule has 4 heterocycles. The number of benzene rings is 2. The molecule has 0 spiro atoms. The van der Waals surface area contributed by atoms with Crippen LogP contribution in [0.1, 0.15) is 4.88 Å². The number of pyridine rings is 1. The largest absolute Gasteiger partial charge is 0.857 e. The summed E-state index contributed by atoms with van der Waals surface area (Å²) in [5.41, 5.74) is 10.1. The van der Waals surface area contributed by atoms with Crippen LogP contribution in [0.15, 0.2) is 70.3 Å². The molecule has 40 heavy (non-hydrogen) atoms. The number of methoxy groups -OCH3 is 2. The van der Waals surface area contributed by atoms with Gasteiger partial charge in [0.1, 0.15) is 16.3 Å². The SMILES string of the molecule is COc1ccc(OC)c(-c2cc(-c3ccccc3)nc3sc(/C([O-])=N/c4c[n+](N5CCOCC5)no4)c(N)c23)c1. The molecule has 1 fully saturated rings. The van der Waals surface area contributed by atoms with Gasteiger partial charge in [0.15, 0.2) is 0 Å². The first-order valence-corrected chi connectivity index (χ1v) is 13.4. The number of nitrogens with zero attached hydrogens (tertiary/aromatic N) is 5. The number of anilines is 1. The van der Waals surface area contributed by atoms with Gasteiger partial charge in [-0.25, -0.2) is 9.98 Å². The summed E-state index contributed by atoms with van der Waals surface area (Å²) in [6.07, 6.45) is 1.56. The van der Waals surface area contributed by atoms with Crippen molar-refractivity contribution in [1.29, 1.82) is 0 Å². The summed E-state index contributed by atoms with van der Waals surface area (Å²) in [4.78, 5) is 11.4. The molecule has 0 aliphatic carbocycles. The number of aromatic nitrogens is 3. The van der Waals surface area contributed by atoms with Crippen molar-refractivity contribution >= 4 is 39.0 Å². The Morgan fingerprint density at radius 3 is 2.62 bits per heavy atom. The highest BCUT2D eigenvalue weighted by atomic mass is 32.1. The van der Waals surface area contributed by atoms with Gasteiger partial charge in [-0.3, -0.25) is 4.52 Å². The molecule has 0 amide bonds. The van der Waals surface area contributed by atoms with Crippen LogP contribution in [0, 0.1) is 0 Å². The summed E-state index contributed by atoms with van der Waals surface area (Å²) in [6.45, 7) is 2.48. The van der Waals surface area contributed by atoms with E-state index in [2.05, 4.69) is 10.3 Å². The second kappa shape index (κ2) is 10.8. The zero-order valence-corrected chi connectivity index (χ0v) is 22.7. The van der Waals surface area contributed by atoms with Crippen molar-refractivity contribution in [1.82, 2.24) is 10.3 Å². The molecule has 2 aromatic carbocycles. The highest BCUT2D eigenvalue weighted by Gasteiger charge is 2.24. The molecular weight excluding hydrogens is 532 g/mol. The average molecular weight is 559 g/mol. The van der Waals surface area contributed by atoms with Gasteiger partial charge in [0, 0.05) is 28.0 Å². The second-order valence-electron chi connectivity index (χ2n) is 8.96. The fourth-order valence-electron chi connectivity index (χ4n) is 4.60. The van der Waals surface area contributed by atoms with Crippen LogP contribution in [0.4, 0.5) is 11.6 Å². The van der Waals surface area contributed by atoms with Gasteiger partial charge in [-0.1, -0.05) is 30.3 Å². The van der Waals surface area contributed by atoms with Crippen LogP contribution in [0.2, 0.25) is 0 Å². The minimum atomic E-state index is -0.546. The van der Waals surface area contributed by atoms with Gasteiger partial charge in [0.05, 0.1) is 61.6 Å². The van der Waals surface area contributed by atoms with E-state index in [4.69, 9.17) is 29.5 Å². The summed E-state index contributed by atoms with van der Waals surface area (Å²) in [5.74, 6) is 0.808. The van der Waals surface area contributed by atoms with E-state index in [1.165, 1.54) is 16.1 Å². The van der Waals surface area contributed by atoms with Crippen LogP contribution in [0.25, 0.3) is 32.6 Å². The van der Waals surface area contributed by atoms with Crippen LogP contribution in [0.3, 0.4) is 0 Å². The van der Waals surface area contributed by atoms with Gasteiger partial charge >= 0.3 is 5.88 Å². The van der Waals surface area contributed by atoms with E-state index >= 15 is 0 Å². The zero-order valence-electron chi connectivity index (χ0n) is 21.9. The molecule has 0 radical (unpaired) electrons. The molecule has 0 atom stereocenters. The lowest BCUT2D eigenvalue weighted by molar-refractivity contribution is -0.759. The minimum Gasteiger partial charge on any atom is -0.857 e. The molecule has 204 valence electrons. The smallest absolute Gasteiger partial charge is 0.324 e. The molecule has 0 saturated carbocycles. The van der Waals surface area contributed by atoms with E-state index in [0.29, 0.717) is 48.0 Å². The fraction of sp³-hybridized carbons (Fsp3) is 0.214. The van der Waals surface area contributed by atoms with Crippen LogP contribution in [0.5, 0.6) is 11.5 Å². The number of rotatable bonds is 7. The third kappa shape index (κ3) is 4.78. The van der Waals surface area contributed by atoms with Gasteiger partial charge < -0.3 is 25.1 Å². The van der Waals surface area contributed by atoms with Crippen LogP contribution in [-0.4, -0.2) is 56.7 Å². The van der Waals surface area contributed by atoms with Crippen molar-refractivity contribution < 1.29 is 28.6 Å². The monoisotopic (exact) mass is 558 g/mol. The van der Waals surface area contributed by atoms with E-state index in [1.807, 2.05) is 59.6 Å². The van der Waals surface area contributed by atoms with E-state index in [9.17, 15) is 5.11 Å². The maximum atomic E-state index is 13.4. The van der Waals surface area contributed by atoms with E-state index in [0.717, 1.165) is 22.4 Å². The van der Waals surface area contributed by atoms with Gasteiger partial charge in [-0.05, 0) is 24.3 Å². The lowest BCUT2D eigenvalue weighted by atomic mass is 9.98. The molecule has 1 saturated heterocycles. The van der Waals surface area contributed by atoms with Crippen molar-refractivity contribution in [3.63, 3.8) is 0 Å². The molecule has 0 unspecified atom stereocenters. The summed E-state index contributed by atoms with van der Waals surface area (Å²) >= 11 is 1.18. The number of nitrogens with two attached hydrogens (primary N) is 1. The van der Waals surface area contributed by atoms with Gasteiger partial charge in [-0.15, -0.1) is 16.3 Å². The number of hydrogen-bond donors (Lipinski definition) is 1. The first kappa shape index (κ1) is 25.6. The Morgan fingerprint density at radius 1 is 1.07 bits per heavy atom. The minimum absolute atomic E-state index is 0.0703. The highest BCUT2D eigenvalue weighted by molar-refractivity contribution is 7.21. The summed E-state index contributed by atoms with van der Waals surface area (Å²) < 4.78 is 21.9. The molecule has 3 aromatic heterocycles. The molecular formula is C28H26N6O5S. The van der Waals surface area contributed by atoms with Crippen molar-refractivity contribution in [2.24, 2.45) is 4.99 Å². The third-order valence-corrected chi connectivity index (χ3v) is 7.68. The van der Waals surface area contributed by atoms with E-state index < -0.39 is 5.90 Å². The standard InChI is InChI=1S/C28H26N6O5S/c1-36-18-8-9-22(37-2)19(14-18)20-15-21(17-6-4-3-5-7-17)30-28-24(20)25(29)26(40-28)27(35)31-23-16-34(32-39-23)33-10-12-38-13-11-33/h3-9,14-16H,10-13H2,1-2H3,(H2-,29,31,32,35). The predicted molar refractivity (Wildman–Crippen MR) is 150 cm³/mol. The number of morpholine rings is 1. The van der Waals surface area contributed by atoms with E-state index in [-0.39, 0.29) is 16.4 Å². The van der Waals surface area contributed by atoms with Gasteiger partial charge in [-0.2, -0.15) is 0 Å². The number of aliphatic imine (C=N–C) groups is 1. The number of nitrogen functional groups attached to an aromatic ring is 1. The predicted octanol–water partition coefficient (Wildman–Crippen LogP) is 2.91. The van der Waals surface area contributed by atoms with Gasteiger partial charge in [0.2, 0.25) is 5.27 Å². The quantitative estimate of drug-likeness (QED) is 0.182. The Bertz CT molecular complexity index is 1690. The zero-order chi connectivity index (χ0) is 27.6. The third-order valence-electron chi connectivity index (χ3n) is 6.59. The maximum absolute atomic E-state index is 13.4. The summed E-state index contributed by atoms with van der Waals surface area (Å²) in [7, 11) is 3.21. The molecule has 5 aromatic rings. The molecule has 11 nitrogen and oxygen atoms in total.